The van der Waals surface area contributed by atoms with Crippen LogP contribution in [0, 0.1) is 11.8 Å². The van der Waals surface area contributed by atoms with Gasteiger partial charge in [0.1, 0.15) is 5.69 Å². The van der Waals surface area contributed by atoms with E-state index in [0.29, 0.717) is 27.6 Å². The second-order valence-corrected chi connectivity index (χ2v) is 8.46. The molecule has 2 aromatic carbocycles. The van der Waals surface area contributed by atoms with Gasteiger partial charge in [0.2, 0.25) is 0 Å². The van der Waals surface area contributed by atoms with Crippen LogP contribution in [0.2, 0.25) is 5.02 Å². The highest BCUT2D eigenvalue weighted by Crippen LogP contribution is 2.38. The van der Waals surface area contributed by atoms with Crippen molar-refractivity contribution in [2.45, 2.75) is 13.1 Å². The molecule has 4 rings (SSSR count). The summed E-state index contributed by atoms with van der Waals surface area (Å²) in [5.74, 6) is 5.20. The molecule has 3 N–H and O–H groups in total. The molecule has 4 aromatic rings. The lowest BCUT2D eigenvalue weighted by Crippen LogP contribution is -2.18. The van der Waals surface area contributed by atoms with E-state index in [4.69, 9.17) is 17.3 Å². The summed E-state index contributed by atoms with van der Waals surface area (Å²) in [4.78, 5) is 18.3. The van der Waals surface area contributed by atoms with E-state index in [-0.39, 0.29) is 16.9 Å². The molecular formula is C26H20ClF3N6O. The maximum Gasteiger partial charge on any atom is 0.418 e. The van der Waals surface area contributed by atoms with Gasteiger partial charge in [-0.05, 0) is 61.4 Å². The number of carbonyl (C=O) groups is 1. The second kappa shape index (κ2) is 10.2. The molecule has 2 heterocycles. The Bertz CT molecular complexity index is 1580. The molecular weight excluding hydrogens is 505 g/mol. The lowest BCUT2D eigenvalue weighted by atomic mass is 10.1. The van der Waals surface area contributed by atoms with Gasteiger partial charge in [0, 0.05) is 42.0 Å². The summed E-state index contributed by atoms with van der Waals surface area (Å²) in [6.45, 7) is 1.57. The number of nitrogens with two attached hydrogens (primary N) is 1. The van der Waals surface area contributed by atoms with Crippen molar-refractivity contribution in [1.82, 2.24) is 14.6 Å². The van der Waals surface area contributed by atoms with Crippen molar-refractivity contribution >= 4 is 34.5 Å². The average molecular weight is 525 g/mol. The molecule has 0 aliphatic rings. The van der Waals surface area contributed by atoms with Crippen LogP contribution in [0.3, 0.4) is 0 Å². The van der Waals surface area contributed by atoms with Crippen molar-refractivity contribution < 1.29 is 18.0 Å². The summed E-state index contributed by atoms with van der Waals surface area (Å²) in [6.07, 6.45) is -0.120. The van der Waals surface area contributed by atoms with Crippen LogP contribution in [0.5, 0.6) is 0 Å². The van der Waals surface area contributed by atoms with Gasteiger partial charge in [-0.25, -0.2) is 9.50 Å². The smallest absolute Gasteiger partial charge is 0.401 e. The maximum absolute atomic E-state index is 13.8. The lowest BCUT2D eigenvalue weighted by molar-refractivity contribution is -0.137. The van der Waals surface area contributed by atoms with Gasteiger partial charge in [-0.1, -0.05) is 17.5 Å². The van der Waals surface area contributed by atoms with Gasteiger partial charge < -0.3 is 16.0 Å². The lowest BCUT2D eigenvalue weighted by Gasteiger charge is -2.21. The third kappa shape index (κ3) is 5.85. The number of halogens is 4. The number of fused-ring (bicyclic) bond motifs is 1. The van der Waals surface area contributed by atoms with Crippen LogP contribution in [0.15, 0.2) is 72.8 Å². The van der Waals surface area contributed by atoms with Crippen molar-refractivity contribution in [2.75, 3.05) is 17.3 Å². The zero-order valence-electron chi connectivity index (χ0n) is 19.6. The number of hydrogen-bond donors (Lipinski definition) is 2. The maximum atomic E-state index is 13.8. The van der Waals surface area contributed by atoms with Gasteiger partial charge in [0.05, 0.1) is 22.5 Å². The molecule has 0 atom stereocenters. The Kier molecular flexibility index (Phi) is 7.09. The predicted molar refractivity (Wildman–Crippen MR) is 136 cm³/mol. The average Bonchev–Trinajstić information content (AvgIpc) is 3.25. The quantitative estimate of drug-likeness (QED) is 0.353. The largest absolute Gasteiger partial charge is 0.418 e. The van der Waals surface area contributed by atoms with E-state index in [1.54, 1.807) is 36.0 Å². The molecule has 188 valence electrons. The van der Waals surface area contributed by atoms with Crippen molar-refractivity contribution in [2.24, 2.45) is 5.73 Å². The Morgan fingerprint density at radius 3 is 2.70 bits per heavy atom. The Morgan fingerprint density at radius 2 is 1.97 bits per heavy atom. The van der Waals surface area contributed by atoms with Crippen molar-refractivity contribution in [3.05, 3.63) is 100 Å². The topological polar surface area (TPSA) is 88.5 Å². The summed E-state index contributed by atoms with van der Waals surface area (Å²) in [6, 6.07) is 11.5. The summed E-state index contributed by atoms with van der Waals surface area (Å²) in [5.41, 5.74) is 6.55. The van der Waals surface area contributed by atoms with E-state index in [2.05, 4.69) is 27.2 Å². The number of nitrogens with one attached hydrogen (secondary N) is 1. The van der Waals surface area contributed by atoms with E-state index in [0.717, 1.165) is 6.07 Å². The predicted octanol–water partition coefficient (Wildman–Crippen LogP) is 5.31. The number of hydrogen-bond acceptors (Lipinski definition) is 5. The minimum atomic E-state index is -4.66. The van der Waals surface area contributed by atoms with Gasteiger partial charge in [0.15, 0.2) is 5.65 Å². The number of anilines is 2. The third-order valence-electron chi connectivity index (χ3n) is 5.17. The molecule has 0 radical (unpaired) electrons. The van der Waals surface area contributed by atoms with Crippen LogP contribution in [0.1, 0.15) is 34.1 Å². The van der Waals surface area contributed by atoms with E-state index < -0.39 is 17.6 Å². The fourth-order valence-corrected chi connectivity index (χ4v) is 3.70. The highest BCUT2D eigenvalue weighted by atomic mass is 35.5. The summed E-state index contributed by atoms with van der Waals surface area (Å²) in [5, 5.41) is 7.00. The zero-order valence-corrected chi connectivity index (χ0v) is 20.4. The first-order chi connectivity index (χ1) is 17.5. The number of amides is 1. The van der Waals surface area contributed by atoms with Crippen molar-refractivity contribution in [3.8, 4) is 11.8 Å². The Morgan fingerprint density at radius 1 is 1.19 bits per heavy atom. The highest BCUT2D eigenvalue weighted by molar-refractivity contribution is 6.32. The van der Waals surface area contributed by atoms with Crippen LogP contribution in [-0.2, 0) is 6.18 Å². The van der Waals surface area contributed by atoms with Crippen molar-refractivity contribution in [1.29, 1.82) is 0 Å². The van der Waals surface area contributed by atoms with E-state index >= 15 is 0 Å². The zero-order chi connectivity index (χ0) is 26.7. The normalized spacial score (nSPS) is 11.7. The molecule has 0 spiro atoms. The number of nitrogens with zero attached hydrogens (tertiary/aromatic N) is 4. The monoisotopic (exact) mass is 524 g/mol. The first-order valence-corrected chi connectivity index (χ1v) is 11.2. The van der Waals surface area contributed by atoms with Gasteiger partial charge in [-0.3, -0.25) is 4.79 Å². The molecule has 2 aromatic heterocycles. The molecule has 0 fully saturated rings. The molecule has 0 aliphatic carbocycles. The van der Waals surface area contributed by atoms with Crippen LogP contribution in [0.25, 0.3) is 5.65 Å². The molecule has 0 saturated heterocycles. The van der Waals surface area contributed by atoms with E-state index in [9.17, 15) is 18.0 Å². The van der Waals surface area contributed by atoms with Crippen LogP contribution in [0.4, 0.5) is 24.5 Å². The van der Waals surface area contributed by atoms with E-state index in [1.807, 2.05) is 0 Å². The fraction of sp³-hybridized carbons (Fsp3) is 0.115. The third-order valence-corrected chi connectivity index (χ3v) is 5.50. The molecule has 0 saturated carbocycles. The second-order valence-electron chi connectivity index (χ2n) is 8.05. The summed E-state index contributed by atoms with van der Waals surface area (Å²) < 4.78 is 42.8. The minimum absolute atomic E-state index is 0.0256. The molecule has 37 heavy (non-hydrogen) atoms. The number of allylic oxidation sites excluding steroid dienone is 1. The fourth-order valence-electron chi connectivity index (χ4n) is 3.53. The van der Waals surface area contributed by atoms with E-state index in [1.165, 1.54) is 48.5 Å². The standard InChI is InChI=1S/C26H20ClF3N6O/c1-16(31)15-35(2)23-10-7-19(13-21(23)26(28,29)30)34-25(37)18-6-9-22(27)17(12-18)5-8-20-14-32-24-4-3-11-33-36(20)24/h3-4,6-7,9-15H,31H2,1-2H3,(H,34,37)/b16-15-. The molecule has 7 nitrogen and oxygen atoms in total. The molecule has 1 amide bonds. The van der Waals surface area contributed by atoms with Gasteiger partial charge in [-0.2, -0.15) is 18.3 Å². The SMILES string of the molecule is C/C(N)=C/N(C)c1ccc(NC(=O)c2ccc(Cl)c(C#Cc3cnc4cccnn34)c2)cc1C(F)(F)F. The van der Waals surface area contributed by atoms with Crippen LogP contribution in [-0.4, -0.2) is 27.6 Å². The highest BCUT2D eigenvalue weighted by Gasteiger charge is 2.34. The number of carbonyl (C=O) groups excluding carboxylic acids is 1. The number of rotatable bonds is 4. The number of alkyl halides is 3. The molecule has 0 aliphatic heterocycles. The van der Waals surface area contributed by atoms with Gasteiger partial charge >= 0.3 is 6.18 Å². The number of benzene rings is 2. The first-order valence-electron chi connectivity index (χ1n) is 10.8. The summed E-state index contributed by atoms with van der Waals surface area (Å²) in [7, 11) is 1.46. The molecule has 11 heteroatoms. The Labute approximate surface area is 215 Å². The van der Waals surface area contributed by atoms with Crippen molar-refractivity contribution in [3.63, 3.8) is 0 Å². The Balaban J connectivity index is 1.61. The molecule has 0 unspecified atom stereocenters. The first kappa shape index (κ1) is 25.6. The van der Waals surface area contributed by atoms with Gasteiger partial charge in [-0.15, -0.1) is 0 Å². The summed E-state index contributed by atoms with van der Waals surface area (Å²) >= 11 is 6.26. The van der Waals surface area contributed by atoms with Gasteiger partial charge in [0.25, 0.3) is 5.91 Å². The van der Waals surface area contributed by atoms with Crippen LogP contribution < -0.4 is 16.0 Å². The Hall–Kier alpha value is -4.49. The van der Waals surface area contributed by atoms with Crippen LogP contribution >= 0.6 is 11.6 Å². The number of imidazole rings is 1. The molecule has 0 bridgehead atoms. The minimum Gasteiger partial charge on any atom is -0.401 e. The number of aromatic nitrogens is 3.